The molecule has 0 spiro atoms. The van der Waals surface area contributed by atoms with Gasteiger partial charge in [0, 0.05) is 43.9 Å². The standard InChI is InChI=1S/C23H34N8O2/c1-3-4-17(7-10-32)28-22-21-19(29-23(24)30-22)13-27-31(21)14-16-6-5-15(11-20(16)33-2)18-12-25-8-9-26-18/h5-6,11,13,17-18,25-26,32H,3-4,7-10,12,14H2,1-2H3,(H3,24,28,29,30)/t17-,18?/m0/s1. The number of nitrogens with two attached hydrogens (primary N) is 1. The molecule has 33 heavy (non-hydrogen) atoms. The number of nitrogens with one attached hydrogen (secondary N) is 3. The predicted molar refractivity (Wildman–Crippen MR) is 129 cm³/mol. The maximum atomic E-state index is 9.46. The van der Waals surface area contributed by atoms with Gasteiger partial charge in [-0.3, -0.25) is 4.68 Å². The Morgan fingerprint density at radius 2 is 2.18 bits per heavy atom. The summed E-state index contributed by atoms with van der Waals surface area (Å²) in [5.41, 5.74) is 9.63. The Morgan fingerprint density at radius 1 is 1.30 bits per heavy atom. The fourth-order valence-corrected chi connectivity index (χ4v) is 4.38. The lowest BCUT2D eigenvalue weighted by Gasteiger charge is -2.25. The van der Waals surface area contributed by atoms with E-state index in [0.717, 1.165) is 49.3 Å². The van der Waals surface area contributed by atoms with Crippen LogP contribution in [0.15, 0.2) is 24.4 Å². The molecule has 3 aromatic rings. The minimum Gasteiger partial charge on any atom is -0.496 e. The number of nitrogens with zero attached hydrogens (tertiary/aromatic N) is 4. The molecule has 1 saturated heterocycles. The van der Waals surface area contributed by atoms with Gasteiger partial charge in [-0.05, 0) is 24.5 Å². The van der Waals surface area contributed by atoms with Crippen LogP contribution in [-0.4, -0.2) is 64.2 Å². The molecule has 2 aromatic heterocycles. The highest BCUT2D eigenvalue weighted by Gasteiger charge is 2.19. The van der Waals surface area contributed by atoms with E-state index in [0.29, 0.717) is 24.3 Å². The summed E-state index contributed by atoms with van der Waals surface area (Å²) in [7, 11) is 1.69. The van der Waals surface area contributed by atoms with E-state index in [9.17, 15) is 5.11 Å². The number of aromatic nitrogens is 4. The molecule has 178 valence electrons. The van der Waals surface area contributed by atoms with Gasteiger partial charge >= 0.3 is 0 Å². The summed E-state index contributed by atoms with van der Waals surface area (Å²) in [4.78, 5) is 8.83. The normalized spacial score (nSPS) is 17.2. The lowest BCUT2D eigenvalue weighted by Crippen LogP contribution is -2.42. The van der Waals surface area contributed by atoms with Crippen LogP contribution in [0, 0.1) is 0 Å². The molecule has 1 aromatic carbocycles. The number of ether oxygens (including phenoxy) is 1. The maximum absolute atomic E-state index is 9.46. The van der Waals surface area contributed by atoms with Gasteiger partial charge in [-0.15, -0.1) is 0 Å². The molecule has 0 amide bonds. The average molecular weight is 455 g/mol. The summed E-state index contributed by atoms with van der Waals surface area (Å²) in [6.45, 7) is 5.56. The van der Waals surface area contributed by atoms with Crippen LogP contribution >= 0.6 is 0 Å². The van der Waals surface area contributed by atoms with E-state index < -0.39 is 0 Å². The van der Waals surface area contributed by atoms with Crippen molar-refractivity contribution >= 4 is 22.8 Å². The maximum Gasteiger partial charge on any atom is 0.222 e. The number of aliphatic hydroxyl groups excluding tert-OH is 1. The lowest BCUT2D eigenvalue weighted by molar-refractivity contribution is 0.276. The Morgan fingerprint density at radius 3 is 2.91 bits per heavy atom. The number of piperazine rings is 1. The molecule has 0 bridgehead atoms. The van der Waals surface area contributed by atoms with E-state index in [2.05, 4.69) is 56.1 Å². The second-order valence-electron chi connectivity index (χ2n) is 8.39. The second kappa shape index (κ2) is 10.8. The smallest absolute Gasteiger partial charge is 0.222 e. The summed E-state index contributed by atoms with van der Waals surface area (Å²) < 4.78 is 7.60. The van der Waals surface area contributed by atoms with Gasteiger partial charge < -0.3 is 31.5 Å². The number of hydrogen-bond donors (Lipinski definition) is 5. The minimum atomic E-state index is 0.0891. The van der Waals surface area contributed by atoms with Gasteiger partial charge in [0.1, 0.15) is 16.8 Å². The molecule has 1 fully saturated rings. The number of anilines is 2. The first-order valence-electron chi connectivity index (χ1n) is 11.6. The van der Waals surface area contributed by atoms with Crippen molar-refractivity contribution in [2.45, 2.75) is 44.8 Å². The first-order valence-corrected chi connectivity index (χ1v) is 11.6. The monoisotopic (exact) mass is 454 g/mol. The zero-order valence-corrected chi connectivity index (χ0v) is 19.3. The van der Waals surface area contributed by atoms with Crippen molar-refractivity contribution in [2.75, 3.05) is 44.4 Å². The van der Waals surface area contributed by atoms with Crippen LogP contribution in [0.2, 0.25) is 0 Å². The van der Waals surface area contributed by atoms with Crippen molar-refractivity contribution in [1.29, 1.82) is 0 Å². The van der Waals surface area contributed by atoms with Crippen LogP contribution in [0.25, 0.3) is 11.0 Å². The zero-order chi connectivity index (χ0) is 23.2. The van der Waals surface area contributed by atoms with Gasteiger partial charge in [-0.25, -0.2) is 4.98 Å². The molecule has 1 aliphatic rings. The third kappa shape index (κ3) is 5.35. The molecule has 1 aliphatic heterocycles. The molecule has 0 saturated carbocycles. The van der Waals surface area contributed by atoms with Crippen LogP contribution < -0.4 is 26.4 Å². The van der Waals surface area contributed by atoms with Gasteiger partial charge in [-0.1, -0.05) is 25.5 Å². The van der Waals surface area contributed by atoms with Crippen molar-refractivity contribution < 1.29 is 9.84 Å². The van der Waals surface area contributed by atoms with Crippen molar-refractivity contribution in [3.63, 3.8) is 0 Å². The first kappa shape index (κ1) is 23.2. The molecule has 6 N–H and O–H groups in total. The number of rotatable bonds is 10. The van der Waals surface area contributed by atoms with E-state index in [4.69, 9.17) is 10.5 Å². The van der Waals surface area contributed by atoms with Crippen molar-refractivity contribution in [2.24, 2.45) is 0 Å². The first-order chi connectivity index (χ1) is 16.1. The van der Waals surface area contributed by atoms with E-state index in [1.54, 1.807) is 13.3 Å². The number of hydrogen-bond acceptors (Lipinski definition) is 9. The summed E-state index contributed by atoms with van der Waals surface area (Å²) in [6.07, 6.45) is 4.25. The fourth-order valence-electron chi connectivity index (χ4n) is 4.38. The molecule has 4 rings (SSSR count). The van der Waals surface area contributed by atoms with Gasteiger partial charge in [0.05, 0.1) is 19.9 Å². The quantitative estimate of drug-likeness (QED) is 0.310. The number of benzene rings is 1. The topological polar surface area (TPSA) is 135 Å². The van der Waals surface area contributed by atoms with Gasteiger partial charge in [0.15, 0.2) is 5.82 Å². The molecular weight excluding hydrogens is 420 g/mol. The number of aliphatic hydroxyl groups is 1. The van der Waals surface area contributed by atoms with Gasteiger partial charge in [-0.2, -0.15) is 10.1 Å². The third-order valence-electron chi connectivity index (χ3n) is 6.04. The van der Waals surface area contributed by atoms with Crippen LogP contribution in [0.5, 0.6) is 5.75 Å². The molecule has 1 unspecified atom stereocenters. The van der Waals surface area contributed by atoms with Gasteiger partial charge in [0.2, 0.25) is 5.95 Å². The fraction of sp³-hybridized carbons (Fsp3) is 0.522. The molecule has 0 aliphatic carbocycles. The average Bonchev–Trinajstić information content (AvgIpc) is 3.22. The van der Waals surface area contributed by atoms with Crippen molar-refractivity contribution in [3.05, 3.63) is 35.5 Å². The van der Waals surface area contributed by atoms with Crippen LogP contribution in [-0.2, 0) is 6.54 Å². The highest BCUT2D eigenvalue weighted by Crippen LogP contribution is 2.28. The SMILES string of the molecule is CCC[C@@H](CCO)Nc1nc(N)nc2cnn(Cc3ccc(C4CNCCN4)cc3OC)c12. The molecule has 10 nitrogen and oxygen atoms in total. The second-order valence-corrected chi connectivity index (χ2v) is 8.39. The summed E-state index contributed by atoms with van der Waals surface area (Å²) in [6, 6.07) is 6.68. The Hall–Kier alpha value is -2.95. The van der Waals surface area contributed by atoms with Crippen molar-refractivity contribution in [3.8, 4) is 5.75 Å². The van der Waals surface area contributed by atoms with Crippen LogP contribution in [0.4, 0.5) is 11.8 Å². The number of methoxy groups -OCH3 is 1. The molecule has 10 heteroatoms. The molecule has 0 radical (unpaired) electrons. The highest BCUT2D eigenvalue weighted by molar-refractivity contribution is 5.86. The third-order valence-corrected chi connectivity index (χ3v) is 6.04. The predicted octanol–water partition coefficient (Wildman–Crippen LogP) is 1.66. The Labute approximate surface area is 193 Å². The summed E-state index contributed by atoms with van der Waals surface area (Å²) >= 11 is 0. The van der Waals surface area contributed by atoms with E-state index >= 15 is 0 Å². The zero-order valence-electron chi connectivity index (χ0n) is 19.3. The molecular formula is C23H34N8O2. The lowest BCUT2D eigenvalue weighted by atomic mass is 10.0. The molecule has 2 atom stereocenters. The summed E-state index contributed by atoms with van der Waals surface area (Å²) in [5.74, 6) is 1.65. The Balaban J connectivity index is 1.64. The van der Waals surface area contributed by atoms with Crippen molar-refractivity contribution in [1.82, 2.24) is 30.4 Å². The van der Waals surface area contributed by atoms with E-state index in [-0.39, 0.29) is 24.6 Å². The minimum absolute atomic E-state index is 0.0891. The summed E-state index contributed by atoms with van der Waals surface area (Å²) in [5, 5.41) is 24.4. The van der Waals surface area contributed by atoms with Crippen LogP contribution in [0.1, 0.15) is 43.4 Å². The number of nitrogen functional groups attached to an aromatic ring is 1. The van der Waals surface area contributed by atoms with E-state index in [1.165, 1.54) is 5.56 Å². The Kier molecular flexibility index (Phi) is 7.58. The van der Waals surface area contributed by atoms with Gasteiger partial charge in [0.25, 0.3) is 0 Å². The Bertz CT molecular complexity index is 1060. The molecule has 3 heterocycles. The largest absolute Gasteiger partial charge is 0.496 e. The van der Waals surface area contributed by atoms with Crippen LogP contribution in [0.3, 0.4) is 0 Å². The number of fused-ring (bicyclic) bond motifs is 1. The van der Waals surface area contributed by atoms with E-state index in [1.807, 2.05) is 4.68 Å². The highest BCUT2D eigenvalue weighted by atomic mass is 16.5.